The first-order valence-corrected chi connectivity index (χ1v) is 11.0. The van der Waals surface area contributed by atoms with Crippen LogP contribution in [0.15, 0.2) is 30.3 Å². The number of hydrogen-bond acceptors (Lipinski definition) is 8. The molecule has 0 unspecified atom stereocenters. The highest BCUT2D eigenvalue weighted by Gasteiger charge is 2.18. The summed E-state index contributed by atoms with van der Waals surface area (Å²) in [6.45, 7) is 5.22. The van der Waals surface area contributed by atoms with Crippen molar-refractivity contribution in [3.8, 4) is 38.7 Å². The van der Waals surface area contributed by atoms with Gasteiger partial charge in [-0.15, -0.1) is 10.2 Å². The Morgan fingerprint density at radius 2 is 1.91 bits per heavy atom. The van der Waals surface area contributed by atoms with Crippen LogP contribution in [0.1, 0.15) is 26.3 Å². The van der Waals surface area contributed by atoms with Crippen LogP contribution in [0.4, 0.5) is 4.39 Å². The first kappa shape index (κ1) is 23.9. The number of rotatable bonds is 8. The van der Waals surface area contributed by atoms with E-state index in [1.54, 1.807) is 18.2 Å². The van der Waals surface area contributed by atoms with Crippen LogP contribution in [0.2, 0.25) is 5.02 Å². The second kappa shape index (κ2) is 10.2. The zero-order valence-electron chi connectivity index (χ0n) is 17.7. The predicted molar refractivity (Wildman–Crippen MR) is 121 cm³/mol. The second-order valence-corrected chi connectivity index (χ2v) is 8.76. The minimum atomic E-state index is -0.792. The third kappa shape index (κ3) is 5.53. The fourth-order valence-corrected chi connectivity index (χ4v) is 3.85. The smallest absolute Gasteiger partial charge is 0.165 e. The molecule has 0 aliphatic rings. The first-order valence-electron chi connectivity index (χ1n) is 9.80. The fraction of sp³-hybridized carbons (Fsp3) is 0.318. The number of halogens is 2. The summed E-state index contributed by atoms with van der Waals surface area (Å²) in [7, 11) is 0. The molecular weight excluding hydrogens is 455 g/mol. The average molecular weight is 477 g/mol. The van der Waals surface area contributed by atoms with Crippen LogP contribution < -0.4 is 15.2 Å². The highest BCUT2D eigenvalue weighted by molar-refractivity contribution is 7.18. The maximum atomic E-state index is 14.6. The summed E-state index contributed by atoms with van der Waals surface area (Å²) in [6, 6.07) is 9.19. The monoisotopic (exact) mass is 476 g/mol. The summed E-state index contributed by atoms with van der Waals surface area (Å²) in [5.41, 5.74) is 7.14. The fourth-order valence-electron chi connectivity index (χ4n) is 2.68. The molecule has 32 heavy (non-hydrogen) atoms. The lowest BCUT2D eigenvalue weighted by molar-refractivity contribution is 0.129. The van der Waals surface area contributed by atoms with Gasteiger partial charge in [-0.1, -0.05) is 22.9 Å². The van der Waals surface area contributed by atoms with Crippen molar-refractivity contribution in [3.05, 3.63) is 46.7 Å². The number of aliphatic hydroxyl groups excluding tert-OH is 1. The molecule has 0 aliphatic carbocycles. The zero-order valence-corrected chi connectivity index (χ0v) is 19.2. The van der Waals surface area contributed by atoms with Crippen LogP contribution >= 0.6 is 22.9 Å². The molecule has 3 N–H and O–H groups in total. The predicted octanol–water partition coefficient (Wildman–Crippen LogP) is 4.41. The van der Waals surface area contributed by atoms with E-state index in [0.717, 1.165) is 0 Å². The molecule has 0 saturated carbocycles. The Morgan fingerprint density at radius 3 is 2.56 bits per heavy atom. The topological polar surface area (TPSA) is 114 Å². The van der Waals surface area contributed by atoms with E-state index in [1.165, 1.54) is 30.4 Å². The van der Waals surface area contributed by atoms with Crippen molar-refractivity contribution in [3.63, 3.8) is 0 Å². The van der Waals surface area contributed by atoms with Crippen LogP contribution in [-0.4, -0.2) is 40.2 Å². The van der Waals surface area contributed by atoms with Crippen molar-refractivity contribution in [2.45, 2.75) is 39.0 Å². The molecule has 3 aromatic rings. The third-order valence-electron chi connectivity index (χ3n) is 4.44. The molecule has 0 amide bonds. The zero-order chi connectivity index (χ0) is 23.4. The standard InChI is InChI=1S/C22H22ClFN4O3S/c1-11(2)31-19-5-4-13(6-14(19)9-25)21-27-28-22(32-21)15-7-17(24)20(8-16(15)23)30-10-18(26)12(3)29/h4-8,11-12,18,29H,10,26H2,1-3H3/t12-,18-/m0/s1. The van der Waals surface area contributed by atoms with Gasteiger partial charge in [0, 0.05) is 17.2 Å². The van der Waals surface area contributed by atoms with Crippen LogP contribution in [0, 0.1) is 17.1 Å². The number of aliphatic hydroxyl groups is 1. The molecule has 0 spiro atoms. The lowest BCUT2D eigenvalue weighted by Gasteiger charge is -2.16. The van der Waals surface area contributed by atoms with E-state index in [1.807, 2.05) is 13.8 Å². The molecule has 168 valence electrons. The van der Waals surface area contributed by atoms with E-state index in [9.17, 15) is 14.8 Å². The van der Waals surface area contributed by atoms with E-state index in [2.05, 4.69) is 16.3 Å². The summed E-state index contributed by atoms with van der Waals surface area (Å²) in [6.07, 6.45) is -0.854. The molecule has 2 atom stereocenters. The third-order valence-corrected chi connectivity index (χ3v) is 5.76. The van der Waals surface area contributed by atoms with Crippen LogP contribution in [0.3, 0.4) is 0 Å². The maximum absolute atomic E-state index is 14.6. The van der Waals surface area contributed by atoms with Gasteiger partial charge >= 0.3 is 0 Å². The second-order valence-electron chi connectivity index (χ2n) is 7.38. The van der Waals surface area contributed by atoms with Crippen molar-refractivity contribution >= 4 is 22.9 Å². The molecule has 0 radical (unpaired) electrons. The Bertz CT molecular complexity index is 1150. The lowest BCUT2D eigenvalue weighted by Crippen LogP contribution is -2.38. The number of hydrogen-bond donors (Lipinski definition) is 2. The number of benzene rings is 2. The van der Waals surface area contributed by atoms with Gasteiger partial charge in [0.05, 0.1) is 28.8 Å². The summed E-state index contributed by atoms with van der Waals surface area (Å²) >= 11 is 7.55. The van der Waals surface area contributed by atoms with Crippen LogP contribution in [0.25, 0.3) is 21.1 Å². The molecule has 1 aromatic heterocycles. The SMILES string of the molecule is CC(C)Oc1ccc(-c2nnc(-c3cc(F)c(OC[C@H](N)[C@H](C)O)cc3Cl)s2)cc1C#N. The molecule has 0 fully saturated rings. The first-order chi connectivity index (χ1) is 15.2. The number of aromatic nitrogens is 2. The van der Waals surface area contributed by atoms with Gasteiger partial charge in [-0.2, -0.15) is 5.26 Å². The highest BCUT2D eigenvalue weighted by atomic mass is 35.5. The van der Waals surface area contributed by atoms with E-state index < -0.39 is 18.0 Å². The van der Waals surface area contributed by atoms with Gasteiger partial charge in [-0.25, -0.2) is 4.39 Å². The Morgan fingerprint density at radius 1 is 1.19 bits per heavy atom. The van der Waals surface area contributed by atoms with E-state index in [0.29, 0.717) is 32.5 Å². The molecule has 0 saturated heterocycles. The highest BCUT2D eigenvalue weighted by Crippen LogP contribution is 2.38. The Kier molecular flexibility index (Phi) is 7.64. The van der Waals surface area contributed by atoms with E-state index in [-0.39, 0.29) is 23.5 Å². The Labute approximate surface area is 194 Å². The van der Waals surface area contributed by atoms with Crippen LogP contribution in [0.5, 0.6) is 11.5 Å². The maximum Gasteiger partial charge on any atom is 0.165 e. The largest absolute Gasteiger partial charge is 0.490 e. The van der Waals surface area contributed by atoms with Gasteiger partial charge in [-0.05, 0) is 45.0 Å². The Hall–Kier alpha value is -2.77. The number of nitrogens with two attached hydrogens (primary N) is 1. The Balaban J connectivity index is 1.85. The molecule has 3 rings (SSSR count). The number of ether oxygens (including phenoxy) is 2. The van der Waals surface area contributed by atoms with Gasteiger partial charge in [-0.3, -0.25) is 0 Å². The van der Waals surface area contributed by atoms with Gasteiger partial charge in [0.1, 0.15) is 28.4 Å². The van der Waals surface area contributed by atoms with Crippen LogP contribution in [-0.2, 0) is 0 Å². The summed E-state index contributed by atoms with van der Waals surface area (Å²) in [5, 5.41) is 28.3. The van der Waals surface area contributed by atoms with Gasteiger partial charge in [0.15, 0.2) is 11.6 Å². The van der Waals surface area contributed by atoms with Crippen molar-refractivity contribution in [2.24, 2.45) is 5.73 Å². The van der Waals surface area contributed by atoms with Gasteiger partial charge in [0.25, 0.3) is 0 Å². The van der Waals surface area contributed by atoms with Crippen molar-refractivity contribution in [1.29, 1.82) is 5.26 Å². The molecular formula is C22H22ClFN4O3S. The van der Waals surface area contributed by atoms with Gasteiger partial charge in [0.2, 0.25) is 0 Å². The minimum Gasteiger partial charge on any atom is -0.490 e. The van der Waals surface area contributed by atoms with Crippen molar-refractivity contribution in [1.82, 2.24) is 10.2 Å². The molecule has 1 heterocycles. The summed E-state index contributed by atoms with van der Waals surface area (Å²) in [5.74, 6) is -0.216. The molecule has 0 bridgehead atoms. The molecule has 10 heteroatoms. The minimum absolute atomic E-state index is 0.0622. The lowest BCUT2D eigenvalue weighted by atomic mass is 10.1. The molecule has 2 aromatic carbocycles. The molecule has 7 nitrogen and oxygen atoms in total. The summed E-state index contributed by atoms with van der Waals surface area (Å²) in [4.78, 5) is 0. The normalized spacial score (nSPS) is 13.0. The number of nitrogens with zero attached hydrogens (tertiary/aromatic N) is 3. The van der Waals surface area contributed by atoms with Crippen molar-refractivity contribution in [2.75, 3.05) is 6.61 Å². The van der Waals surface area contributed by atoms with Gasteiger partial charge < -0.3 is 20.3 Å². The van der Waals surface area contributed by atoms with E-state index >= 15 is 0 Å². The summed E-state index contributed by atoms with van der Waals surface area (Å²) < 4.78 is 25.6. The van der Waals surface area contributed by atoms with E-state index in [4.69, 9.17) is 26.8 Å². The van der Waals surface area contributed by atoms with Crippen molar-refractivity contribution < 1.29 is 19.0 Å². The molecule has 0 aliphatic heterocycles. The quantitative estimate of drug-likeness (QED) is 0.494. The number of nitriles is 1. The average Bonchev–Trinajstić information content (AvgIpc) is 3.23.